The molecular formula is C19H18N2O2. The number of nitrogens with zero attached hydrogens (tertiary/aromatic N) is 2. The van der Waals surface area contributed by atoms with Crippen molar-refractivity contribution in [2.45, 2.75) is 12.8 Å². The quantitative estimate of drug-likeness (QED) is 0.717. The third kappa shape index (κ3) is 3.66. The molecule has 0 aliphatic carbocycles. The highest BCUT2D eigenvalue weighted by Crippen LogP contribution is 2.20. The molecule has 0 spiro atoms. The minimum absolute atomic E-state index is 0.0376. The van der Waals surface area contributed by atoms with E-state index in [4.69, 9.17) is 4.42 Å². The van der Waals surface area contributed by atoms with Crippen LogP contribution >= 0.6 is 0 Å². The van der Waals surface area contributed by atoms with Gasteiger partial charge in [0.1, 0.15) is 0 Å². The van der Waals surface area contributed by atoms with Crippen LogP contribution in [0.2, 0.25) is 0 Å². The molecule has 0 saturated heterocycles. The number of carbonyl (C=O) groups excluding carboxylic acids is 1. The molecule has 0 fully saturated rings. The molecule has 1 aromatic heterocycles. The molecule has 0 N–H and O–H groups in total. The minimum Gasteiger partial charge on any atom is -0.441 e. The van der Waals surface area contributed by atoms with Crippen LogP contribution in [-0.4, -0.2) is 17.9 Å². The van der Waals surface area contributed by atoms with Crippen molar-refractivity contribution in [1.29, 1.82) is 0 Å². The monoisotopic (exact) mass is 306 g/mol. The Labute approximate surface area is 135 Å². The first-order valence-electron chi connectivity index (χ1n) is 7.56. The first-order valence-corrected chi connectivity index (χ1v) is 7.56. The number of hydrogen-bond acceptors (Lipinski definition) is 3. The van der Waals surface area contributed by atoms with E-state index < -0.39 is 0 Å². The van der Waals surface area contributed by atoms with Crippen LogP contribution in [0.1, 0.15) is 12.3 Å². The summed E-state index contributed by atoms with van der Waals surface area (Å²) in [5.41, 5.74) is 1.87. The van der Waals surface area contributed by atoms with Gasteiger partial charge in [0.2, 0.25) is 5.91 Å². The Hall–Kier alpha value is -2.88. The molecule has 116 valence electrons. The zero-order chi connectivity index (χ0) is 16.1. The Morgan fingerprint density at radius 3 is 2.39 bits per heavy atom. The lowest BCUT2D eigenvalue weighted by atomic mass is 10.2. The van der Waals surface area contributed by atoms with Crippen LogP contribution in [0, 0.1) is 0 Å². The molecule has 0 aliphatic heterocycles. The number of rotatable bonds is 5. The maximum absolute atomic E-state index is 12.3. The van der Waals surface area contributed by atoms with Gasteiger partial charge in [0.15, 0.2) is 11.7 Å². The summed E-state index contributed by atoms with van der Waals surface area (Å²) in [4.78, 5) is 18.2. The summed E-state index contributed by atoms with van der Waals surface area (Å²) in [6, 6.07) is 19.4. The van der Waals surface area contributed by atoms with Gasteiger partial charge in [-0.25, -0.2) is 4.98 Å². The van der Waals surface area contributed by atoms with E-state index >= 15 is 0 Å². The molecule has 2 aromatic carbocycles. The third-order valence-corrected chi connectivity index (χ3v) is 3.68. The molecular weight excluding hydrogens is 288 g/mol. The molecule has 0 saturated carbocycles. The van der Waals surface area contributed by atoms with Crippen molar-refractivity contribution in [1.82, 2.24) is 4.98 Å². The largest absolute Gasteiger partial charge is 0.441 e. The zero-order valence-corrected chi connectivity index (χ0v) is 13.0. The van der Waals surface area contributed by atoms with Gasteiger partial charge in [-0.05, 0) is 12.1 Å². The van der Waals surface area contributed by atoms with Gasteiger partial charge in [0, 0.05) is 31.1 Å². The average molecular weight is 306 g/mol. The number of aromatic nitrogens is 1. The van der Waals surface area contributed by atoms with E-state index in [0.29, 0.717) is 18.7 Å². The van der Waals surface area contributed by atoms with E-state index in [1.807, 2.05) is 60.7 Å². The Bertz CT molecular complexity index is 766. The van der Waals surface area contributed by atoms with Crippen LogP contribution in [0.4, 0.5) is 5.69 Å². The van der Waals surface area contributed by atoms with Gasteiger partial charge in [-0.15, -0.1) is 0 Å². The topological polar surface area (TPSA) is 46.3 Å². The number of benzene rings is 2. The van der Waals surface area contributed by atoms with Crippen molar-refractivity contribution >= 4 is 11.6 Å². The molecule has 23 heavy (non-hydrogen) atoms. The Morgan fingerprint density at radius 1 is 1.04 bits per heavy atom. The van der Waals surface area contributed by atoms with Crippen molar-refractivity contribution in [3.63, 3.8) is 0 Å². The number of aryl methyl sites for hydroxylation is 1. The molecule has 0 bridgehead atoms. The Balaban J connectivity index is 1.61. The summed E-state index contributed by atoms with van der Waals surface area (Å²) < 4.78 is 5.72. The Kier molecular flexibility index (Phi) is 4.52. The second-order valence-corrected chi connectivity index (χ2v) is 5.27. The normalized spacial score (nSPS) is 10.5. The summed E-state index contributed by atoms with van der Waals surface area (Å²) in [6.07, 6.45) is 2.55. The fourth-order valence-electron chi connectivity index (χ4n) is 2.34. The third-order valence-electron chi connectivity index (χ3n) is 3.68. The van der Waals surface area contributed by atoms with Crippen LogP contribution in [0.25, 0.3) is 11.3 Å². The summed E-state index contributed by atoms with van der Waals surface area (Å²) in [5, 5.41) is 0. The molecule has 1 amide bonds. The molecule has 0 unspecified atom stereocenters. The number of amides is 1. The van der Waals surface area contributed by atoms with Crippen LogP contribution in [0.15, 0.2) is 71.3 Å². The lowest BCUT2D eigenvalue weighted by Crippen LogP contribution is -2.26. The van der Waals surface area contributed by atoms with E-state index in [-0.39, 0.29) is 5.91 Å². The second-order valence-electron chi connectivity index (χ2n) is 5.27. The molecule has 4 heteroatoms. The van der Waals surface area contributed by atoms with Crippen LogP contribution in [0.5, 0.6) is 0 Å². The predicted molar refractivity (Wildman–Crippen MR) is 90.1 cm³/mol. The zero-order valence-electron chi connectivity index (χ0n) is 13.0. The van der Waals surface area contributed by atoms with E-state index in [2.05, 4.69) is 4.98 Å². The van der Waals surface area contributed by atoms with Crippen molar-refractivity contribution in [2.75, 3.05) is 11.9 Å². The highest BCUT2D eigenvalue weighted by atomic mass is 16.4. The SMILES string of the molecule is CN(C(=O)CCc1ncc(-c2ccccc2)o1)c1ccccc1. The minimum atomic E-state index is 0.0376. The van der Waals surface area contributed by atoms with Crippen molar-refractivity contribution in [3.8, 4) is 11.3 Å². The number of carbonyl (C=O) groups is 1. The lowest BCUT2D eigenvalue weighted by molar-refractivity contribution is -0.118. The number of anilines is 1. The summed E-state index contributed by atoms with van der Waals surface area (Å²) in [7, 11) is 1.78. The Morgan fingerprint density at radius 2 is 1.70 bits per heavy atom. The van der Waals surface area contributed by atoms with E-state index in [9.17, 15) is 4.79 Å². The molecule has 0 radical (unpaired) electrons. The first kappa shape index (κ1) is 15.0. The number of hydrogen-bond donors (Lipinski definition) is 0. The molecule has 3 rings (SSSR count). The van der Waals surface area contributed by atoms with Gasteiger partial charge in [0.05, 0.1) is 6.20 Å². The summed E-state index contributed by atoms with van der Waals surface area (Å²) >= 11 is 0. The number of para-hydroxylation sites is 1. The standard InChI is InChI=1S/C19H18N2O2/c1-21(16-10-6-3-7-11-16)19(22)13-12-18-20-14-17(23-18)15-8-4-2-5-9-15/h2-11,14H,12-13H2,1H3. The second kappa shape index (κ2) is 6.92. The van der Waals surface area contributed by atoms with Crippen LogP contribution in [-0.2, 0) is 11.2 Å². The molecule has 0 aliphatic rings. The van der Waals surface area contributed by atoms with E-state index in [1.165, 1.54) is 0 Å². The van der Waals surface area contributed by atoms with Crippen molar-refractivity contribution < 1.29 is 9.21 Å². The molecule has 0 atom stereocenters. The van der Waals surface area contributed by atoms with Gasteiger partial charge in [-0.2, -0.15) is 0 Å². The van der Waals surface area contributed by atoms with E-state index in [1.54, 1.807) is 18.1 Å². The van der Waals surface area contributed by atoms with Gasteiger partial charge >= 0.3 is 0 Å². The van der Waals surface area contributed by atoms with Crippen LogP contribution < -0.4 is 4.90 Å². The van der Waals surface area contributed by atoms with Gasteiger partial charge in [0.25, 0.3) is 0 Å². The van der Waals surface area contributed by atoms with Crippen molar-refractivity contribution in [3.05, 3.63) is 72.8 Å². The van der Waals surface area contributed by atoms with Gasteiger partial charge in [-0.1, -0.05) is 48.5 Å². The van der Waals surface area contributed by atoms with Gasteiger partial charge in [-0.3, -0.25) is 4.79 Å². The smallest absolute Gasteiger partial charge is 0.227 e. The predicted octanol–water partition coefficient (Wildman–Crippen LogP) is 3.94. The van der Waals surface area contributed by atoms with Gasteiger partial charge < -0.3 is 9.32 Å². The number of oxazole rings is 1. The maximum atomic E-state index is 12.3. The van der Waals surface area contributed by atoms with Crippen LogP contribution in [0.3, 0.4) is 0 Å². The molecule has 1 heterocycles. The lowest BCUT2D eigenvalue weighted by Gasteiger charge is -2.16. The molecule has 4 nitrogen and oxygen atoms in total. The molecule has 3 aromatic rings. The highest BCUT2D eigenvalue weighted by Gasteiger charge is 2.13. The summed E-state index contributed by atoms with van der Waals surface area (Å²) in [6.45, 7) is 0. The van der Waals surface area contributed by atoms with Crippen molar-refractivity contribution in [2.24, 2.45) is 0 Å². The maximum Gasteiger partial charge on any atom is 0.227 e. The fraction of sp³-hybridized carbons (Fsp3) is 0.158. The fourth-order valence-corrected chi connectivity index (χ4v) is 2.34. The highest BCUT2D eigenvalue weighted by molar-refractivity contribution is 5.92. The first-order chi connectivity index (χ1) is 11.2. The summed E-state index contributed by atoms with van der Waals surface area (Å²) in [5.74, 6) is 1.35. The van der Waals surface area contributed by atoms with E-state index in [0.717, 1.165) is 17.0 Å². The average Bonchev–Trinajstić information content (AvgIpc) is 3.09.